The highest BCUT2D eigenvalue weighted by atomic mass is 16.5. The molecule has 0 saturated carbocycles. The molecule has 20 heavy (non-hydrogen) atoms. The molecule has 1 N–H and O–H groups in total. The first-order valence-corrected chi connectivity index (χ1v) is 6.06. The number of nitrogens with zero attached hydrogens (tertiary/aromatic N) is 2. The van der Waals surface area contributed by atoms with Crippen LogP contribution in [0.4, 0.5) is 5.69 Å². The van der Waals surface area contributed by atoms with Crippen LogP contribution in [0, 0.1) is 0 Å². The molecule has 6 heteroatoms. The van der Waals surface area contributed by atoms with Crippen molar-refractivity contribution >= 4 is 17.9 Å². The van der Waals surface area contributed by atoms with Crippen LogP contribution in [-0.4, -0.2) is 28.3 Å². The summed E-state index contributed by atoms with van der Waals surface area (Å²) < 4.78 is 5.48. The third-order valence-electron chi connectivity index (χ3n) is 3.02. The van der Waals surface area contributed by atoms with E-state index in [4.69, 9.17) is 4.74 Å². The van der Waals surface area contributed by atoms with Crippen LogP contribution in [0.5, 0.6) is 5.75 Å². The average Bonchev–Trinajstić information content (AvgIpc) is 2.48. The van der Waals surface area contributed by atoms with Gasteiger partial charge in [-0.15, -0.1) is 0 Å². The van der Waals surface area contributed by atoms with Crippen molar-refractivity contribution < 1.29 is 14.3 Å². The molecule has 2 aromatic rings. The molecule has 0 fully saturated rings. The molecule has 1 aliphatic rings. The first kappa shape index (κ1) is 12.3. The Morgan fingerprint density at radius 2 is 2.15 bits per heavy atom. The van der Waals surface area contributed by atoms with Crippen LogP contribution < -0.4 is 10.1 Å². The van der Waals surface area contributed by atoms with Gasteiger partial charge in [0.2, 0.25) is 0 Å². The summed E-state index contributed by atoms with van der Waals surface area (Å²) in [4.78, 5) is 30.3. The van der Waals surface area contributed by atoms with Crippen molar-refractivity contribution in [3.05, 3.63) is 36.3 Å². The van der Waals surface area contributed by atoms with Gasteiger partial charge in [-0.1, -0.05) is 0 Å². The van der Waals surface area contributed by atoms with Crippen LogP contribution in [0.2, 0.25) is 0 Å². The summed E-state index contributed by atoms with van der Waals surface area (Å²) in [5.74, 6) is 0.427. The summed E-state index contributed by atoms with van der Waals surface area (Å²) in [6.45, 7) is 1.69. The van der Waals surface area contributed by atoms with E-state index < -0.39 is 6.10 Å². The standard InChI is InChI=1S/C14H11N3O3/c1-8-14(19)17-12-4-9(2-3-13(12)20-8)11-5-10(6-18)15-7-16-11/h2-8H,1H3,(H,17,19). The van der Waals surface area contributed by atoms with Crippen molar-refractivity contribution in [2.45, 2.75) is 13.0 Å². The number of rotatable bonds is 2. The number of aromatic nitrogens is 2. The Labute approximate surface area is 114 Å². The minimum atomic E-state index is -0.505. The summed E-state index contributed by atoms with van der Waals surface area (Å²) in [7, 11) is 0. The number of anilines is 1. The molecule has 1 amide bonds. The van der Waals surface area contributed by atoms with Crippen molar-refractivity contribution in [2.24, 2.45) is 0 Å². The van der Waals surface area contributed by atoms with E-state index in [1.165, 1.54) is 6.33 Å². The maximum Gasteiger partial charge on any atom is 0.265 e. The molecule has 0 saturated heterocycles. The van der Waals surface area contributed by atoms with Gasteiger partial charge in [-0.2, -0.15) is 0 Å². The second-order valence-corrected chi connectivity index (χ2v) is 4.41. The van der Waals surface area contributed by atoms with E-state index in [9.17, 15) is 9.59 Å². The second kappa shape index (κ2) is 4.73. The molecule has 0 aliphatic carbocycles. The number of ether oxygens (including phenoxy) is 1. The van der Waals surface area contributed by atoms with Gasteiger partial charge in [0.25, 0.3) is 5.91 Å². The van der Waals surface area contributed by atoms with E-state index in [2.05, 4.69) is 15.3 Å². The molecule has 1 aromatic carbocycles. The number of fused-ring (bicyclic) bond motifs is 1. The molecule has 0 radical (unpaired) electrons. The van der Waals surface area contributed by atoms with Gasteiger partial charge < -0.3 is 10.1 Å². The average molecular weight is 269 g/mol. The summed E-state index contributed by atoms with van der Waals surface area (Å²) >= 11 is 0. The van der Waals surface area contributed by atoms with Crippen LogP contribution >= 0.6 is 0 Å². The predicted octanol–water partition coefficient (Wildman–Crippen LogP) is 1.68. The summed E-state index contributed by atoms with van der Waals surface area (Å²) in [6.07, 6.45) is 1.49. The zero-order chi connectivity index (χ0) is 14.1. The van der Waals surface area contributed by atoms with Crippen molar-refractivity contribution in [2.75, 3.05) is 5.32 Å². The Hall–Kier alpha value is -2.76. The number of aldehydes is 1. The first-order chi connectivity index (χ1) is 9.67. The lowest BCUT2D eigenvalue weighted by atomic mass is 10.1. The topological polar surface area (TPSA) is 81.2 Å². The number of carbonyl (C=O) groups excluding carboxylic acids is 2. The quantitative estimate of drug-likeness (QED) is 0.839. The number of carbonyl (C=O) groups is 2. The normalized spacial score (nSPS) is 16.9. The first-order valence-electron chi connectivity index (χ1n) is 6.06. The minimum Gasteiger partial charge on any atom is -0.479 e. The van der Waals surface area contributed by atoms with E-state index in [1.807, 2.05) is 6.07 Å². The summed E-state index contributed by atoms with van der Waals surface area (Å²) in [5, 5.41) is 2.77. The van der Waals surface area contributed by atoms with Gasteiger partial charge in [-0.25, -0.2) is 9.97 Å². The van der Waals surface area contributed by atoms with Crippen LogP contribution in [0.25, 0.3) is 11.3 Å². The molecule has 1 aromatic heterocycles. The predicted molar refractivity (Wildman–Crippen MR) is 71.6 cm³/mol. The van der Waals surface area contributed by atoms with E-state index in [-0.39, 0.29) is 5.91 Å². The summed E-state index contributed by atoms with van der Waals surface area (Å²) in [6, 6.07) is 6.93. The van der Waals surface area contributed by atoms with Gasteiger partial charge in [-0.3, -0.25) is 9.59 Å². The van der Waals surface area contributed by atoms with Crippen LogP contribution in [0.15, 0.2) is 30.6 Å². The second-order valence-electron chi connectivity index (χ2n) is 4.41. The molecule has 6 nitrogen and oxygen atoms in total. The van der Waals surface area contributed by atoms with E-state index >= 15 is 0 Å². The Bertz CT molecular complexity index is 700. The number of nitrogens with one attached hydrogen (secondary N) is 1. The largest absolute Gasteiger partial charge is 0.479 e. The molecule has 0 bridgehead atoms. The van der Waals surface area contributed by atoms with Crippen molar-refractivity contribution in [1.82, 2.24) is 9.97 Å². The highest BCUT2D eigenvalue weighted by Crippen LogP contribution is 2.33. The molecule has 2 heterocycles. The van der Waals surface area contributed by atoms with Gasteiger partial charge in [0.1, 0.15) is 17.8 Å². The zero-order valence-corrected chi connectivity index (χ0v) is 10.7. The lowest BCUT2D eigenvalue weighted by Crippen LogP contribution is -2.34. The third kappa shape index (κ3) is 2.11. The van der Waals surface area contributed by atoms with Crippen molar-refractivity contribution in [3.63, 3.8) is 0 Å². The molecular weight excluding hydrogens is 258 g/mol. The molecule has 1 unspecified atom stereocenters. The maximum absolute atomic E-state index is 11.6. The van der Waals surface area contributed by atoms with Gasteiger partial charge in [0.05, 0.1) is 11.4 Å². The fraction of sp³-hybridized carbons (Fsp3) is 0.143. The lowest BCUT2D eigenvalue weighted by molar-refractivity contribution is -0.122. The van der Waals surface area contributed by atoms with Crippen LogP contribution in [0.3, 0.4) is 0 Å². The number of hydrogen-bond donors (Lipinski definition) is 1. The third-order valence-corrected chi connectivity index (χ3v) is 3.02. The van der Waals surface area contributed by atoms with Gasteiger partial charge in [0.15, 0.2) is 12.4 Å². The highest BCUT2D eigenvalue weighted by Gasteiger charge is 2.23. The maximum atomic E-state index is 11.6. The molecule has 1 aliphatic heterocycles. The zero-order valence-electron chi connectivity index (χ0n) is 10.7. The van der Waals surface area contributed by atoms with Gasteiger partial charge >= 0.3 is 0 Å². The fourth-order valence-electron chi connectivity index (χ4n) is 1.96. The van der Waals surface area contributed by atoms with Crippen LogP contribution in [0.1, 0.15) is 17.4 Å². The number of hydrogen-bond acceptors (Lipinski definition) is 5. The Balaban J connectivity index is 2.02. The monoisotopic (exact) mass is 269 g/mol. The highest BCUT2D eigenvalue weighted by molar-refractivity contribution is 5.98. The smallest absolute Gasteiger partial charge is 0.265 e. The van der Waals surface area contributed by atoms with Gasteiger partial charge in [-0.05, 0) is 31.2 Å². The molecule has 0 spiro atoms. The SMILES string of the molecule is CC1Oc2ccc(-c3cc(C=O)ncn3)cc2NC1=O. The van der Waals surface area contributed by atoms with E-state index in [0.717, 1.165) is 5.56 Å². The number of amides is 1. The molecule has 1 atom stereocenters. The van der Waals surface area contributed by atoms with E-state index in [0.29, 0.717) is 29.1 Å². The molecular formula is C14H11N3O3. The van der Waals surface area contributed by atoms with Gasteiger partial charge in [0, 0.05) is 5.56 Å². The number of benzene rings is 1. The van der Waals surface area contributed by atoms with Crippen molar-refractivity contribution in [1.29, 1.82) is 0 Å². The Kier molecular flexibility index (Phi) is 2.90. The van der Waals surface area contributed by atoms with Crippen LogP contribution in [-0.2, 0) is 4.79 Å². The lowest BCUT2D eigenvalue weighted by Gasteiger charge is -2.23. The van der Waals surface area contributed by atoms with Crippen molar-refractivity contribution in [3.8, 4) is 17.0 Å². The molecule has 100 valence electrons. The van der Waals surface area contributed by atoms with E-state index in [1.54, 1.807) is 25.1 Å². The molecule has 3 rings (SSSR count). The summed E-state index contributed by atoms with van der Waals surface area (Å²) in [5.41, 5.74) is 2.28. The fourth-order valence-corrected chi connectivity index (χ4v) is 1.96. The minimum absolute atomic E-state index is 0.189. The Morgan fingerprint density at radius 3 is 2.95 bits per heavy atom. The Morgan fingerprint density at radius 1 is 1.30 bits per heavy atom.